The lowest BCUT2D eigenvalue weighted by Crippen LogP contribution is -2.06. The zero-order chi connectivity index (χ0) is 8.43. The van der Waals surface area contributed by atoms with Crippen molar-refractivity contribution in [1.29, 1.82) is 0 Å². The zero-order valence-corrected chi connectivity index (χ0v) is 5.80. The summed E-state index contributed by atoms with van der Waals surface area (Å²) in [6.45, 7) is 1.46. The van der Waals surface area contributed by atoms with E-state index in [2.05, 4.69) is 10.1 Å². The number of aliphatic hydroxyl groups excluding tert-OH is 1. The molecule has 0 amide bonds. The summed E-state index contributed by atoms with van der Waals surface area (Å²) in [6, 6.07) is 0. The third kappa shape index (κ3) is 1.53. The monoisotopic (exact) mass is 157 g/mol. The molecule has 0 fully saturated rings. The Morgan fingerprint density at radius 1 is 1.82 bits per heavy atom. The zero-order valence-electron chi connectivity index (χ0n) is 5.80. The maximum atomic E-state index is 10.2. The highest BCUT2D eigenvalue weighted by molar-refractivity contribution is 5.82. The number of hydrogen-bond donors (Lipinski definition) is 2. The van der Waals surface area contributed by atoms with Crippen molar-refractivity contribution in [2.24, 2.45) is 0 Å². The van der Waals surface area contributed by atoms with Gasteiger partial charge in [-0.2, -0.15) is 0 Å². The molecule has 6 heteroatoms. The quantitative estimate of drug-likeness (QED) is 0.603. The number of rotatable bonds is 2. The summed E-state index contributed by atoms with van der Waals surface area (Å²) in [5, 5.41) is 20.7. The molecule has 1 unspecified atom stereocenters. The van der Waals surface area contributed by atoms with Crippen molar-refractivity contribution in [1.82, 2.24) is 14.8 Å². The molecule has 0 saturated heterocycles. The summed E-state index contributed by atoms with van der Waals surface area (Å²) in [4.78, 5) is 13.6. The van der Waals surface area contributed by atoms with Gasteiger partial charge in [-0.3, -0.25) is 0 Å². The number of carboxylic acid groups (broad SMARTS) is 1. The smallest absolute Gasteiger partial charge is 0.375 e. The third-order valence-corrected chi connectivity index (χ3v) is 1.08. The molecule has 6 nitrogen and oxygen atoms in total. The van der Waals surface area contributed by atoms with E-state index in [1.165, 1.54) is 6.92 Å². The van der Waals surface area contributed by atoms with Crippen LogP contribution >= 0.6 is 0 Å². The molecule has 1 rings (SSSR count). The number of aromatic carboxylic acids is 1. The normalized spacial score (nSPS) is 12.9. The molecule has 0 spiro atoms. The van der Waals surface area contributed by atoms with Crippen LogP contribution in [0.4, 0.5) is 0 Å². The first kappa shape index (κ1) is 7.67. The molecule has 2 N–H and O–H groups in total. The van der Waals surface area contributed by atoms with Gasteiger partial charge in [-0.25, -0.2) is 14.5 Å². The van der Waals surface area contributed by atoms with Gasteiger partial charge in [0, 0.05) is 0 Å². The Hall–Kier alpha value is -1.43. The van der Waals surface area contributed by atoms with Gasteiger partial charge in [0.1, 0.15) is 12.6 Å². The van der Waals surface area contributed by atoms with E-state index in [1.807, 2.05) is 0 Å². The van der Waals surface area contributed by atoms with Crippen LogP contribution in [0.15, 0.2) is 6.33 Å². The van der Waals surface area contributed by atoms with E-state index in [4.69, 9.17) is 10.2 Å². The van der Waals surface area contributed by atoms with Crippen molar-refractivity contribution in [3.8, 4) is 0 Å². The van der Waals surface area contributed by atoms with Crippen LogP contribution in [-0.4, -0.2) is 30.9 Å². The second-order valence-corrected chi connectivity index (χ2v) is 1.99. The standard InChI is InChI=1S/C5H7N3O3/c1-3(9)8-2-6-4(7-8)5(10)11/h2-3,9H,1H3,(H,10,11). The lowest BCUT2D eigenvalue weighted by Gasteiger charge is -1.99. The van der Waals surface area contributed by atoms with Gasteiger partial charge in [-0.05, 0) is 6.92 Å². The highest BCUT2D eigenvalue weighted by Gasteiger charge is 2.09. The number of aromatic nitrogens is 3. The molecule has 0 radical (unpaired) electrons. The van der Waals surface area contributed by atoms with E-state index in [9.17, 15) is 4.79 Å². The van der Waals surface area contributed by atoms with Crippen LogP contribution in [0.25, 0.3) is 0 Å². The molecule has 1 aromatic rings. The highest BCUT2D eigenvalue weighted by Crippen LogP contribution is 1.97. The van der Waals surface area contributed by atoms with Crippen molar-refractivity contribution in [2.75, 3.05) is 0 Å². The fraction of sp³-hybridized carbons (Fsp3) is 0.400. The molecule has 0 bridgehead atoms. The fourth-order valence-electron chi connectivity index (χ4n) is 0.553. The largest absolute Gasteiger partial charge is 0.475 e. The van der Waals surface area contributed by atoms with Crippen molar-refractivity contribution < 1.29 is 15.0 Å². The summed E-state index contributed by atoms with van der Waals surface area (Å²) in [7, 11) is 0. The summed E-state index contributed by atoms with van der Waals surface area (Å²) in [6.07, 6.45) is 0.310. The minimum absolute atomic E-state index is 0.314. The van der Waals surface area contributed by atoms with Crippen molar-refractivity contribution >= 4 is 5.97 Å². The van der Waals surface area contributed by atoms with Gasteiger partial charge in [0.05, 0.1) is 0 Å². The Labute approximate surface area is 62.1 Å². The Bertz CT molecular complexity index is 268. The number of hydrogen-bond acceptors (Lipinski definition) is 4. The van der Waals surface area contributed by atoms with E-state index in [0.29, 0.717) is 0 Å². The second-order valence-electron chi connectivity index (χ2n) is 1.99. The lowest BCUT2D eigenvalue weighted by molar-refractivity contribution is 0.0678. The number of nitrogens with zero attached hydrogens (tertiary/aromatic N) is 3. The molecule has 0 aliphatic heterocycles. The first-order valence-electron chi connectivity index (χ1n) is 2.94. The van der Waals surface area contributed by atoms with E-state index in [0.717, 1.165) is 11.0 Å². The Morgan fingerprint density at radius 2 is 2.45 bits per heavy atom. The van der Waals surface area contributed by atoms with Crippen LogP contribution in [-0.2, 0) is 0 Å². The number of aliphatic hydroxyl groups is 1. The van der Waals surface area contributed by atoms with Crippen molar-refractivity contribution in [2.45, 2.75) is 13.2 Å². The predicted octanol–water partition coefficient (Wildman–Crippen LogP) is -0.513. The Balaban J connectivity index is 2.90. The third-order valence-electron chi connectivity index (χ3n) is 1.08. The molecule has 11 heavy (non-hydrogen) atoms. The molecule has 1 atom stereocenters. The second kappa shape index (κ2) is 2.67. The molecule has 60 valence electrons. The summed E-state index contributed by atoms with van der Waals surface area (Å²) in [5.41, 5.74) is 0. The van der Waals surface area contributed by atoms with Gasteiger partial charge >= 0.3 is 5.97 Å². The topological polar surface area (TPSA) is 88.2 Å². The first-order valence-corrected chi connectivity index (χ1v) is 2.94. The maximum absolute atomic E-state index is 10.2. The summed E-state index contributed by atoms with van der Waals surface area (Å²) < 4.78 is 1.06. The van der Waals surface area contributed by atoms with Gasteiger partial charge < -0.3 is 10.2 Å². The van der Waals surface area contributed by atoms with Crippen LogP contribution in [0.2, 0.25) is 0 Å². The van der Waals surface area contributed by atoms with Crippen LogP contribution in [0, 0.1) is 0 Å². The molecule has 1 heterocycles. The van der Waals surface area contributed by atoms with Crippen molar-refractivity contribution in [3.63, 3.8) is 0 Å². The van der Waals surface area contributed by atoms with Crippen LogP contribution in [0.1, 0.15) is 23.8 Å². The Kier molecular flexibility index (Phi) is 1.86. The minimum Gasteiger partial charge on any atom is -0.475 e. The van der Waals surface area contributed by atoms with Crippen LogP contribution in [0.5, 0.6) is 0 Å². The predicted molar refractivity (Wildman–Crippen MR) is 33.9 cm³/mol. The number of carboxylic acids is 1. The van der Waals surface area contributed by atoms with E-state index in [1.54, 1.807) is 0 Å². The Morgan fingerprint density at radius 3 is 2.73 bits per heavy atom. The van der Waals surface area contributed by atoms with Crippen LogP contribution in [0.3, 0.4) is 0 Å². The van der Waals surface area contributed by atoms with Crippen molar-refractivity contribution in [3.05, 3.63) is 12.2 Å². The maximum Gasteiger partial charge on any atom is 0.375 e. The average Bonchev–Trinajstić information content (AvgIpc) is 2.33. The molecule has 0 aromatic carbocycles. The molecule has 0 saturated carbocycles. The molecule has 0 aliphatic carbocycles. The van der Waals surface area contributed by atoms with Gasteiger partial charge in [-0.15, -0.1) is 5.10 Å². The van der Waals surface area contributed by atoms with Gasteiger partial charge in [0.15, 0.2) is 0 Å². The van der Waals surface area contributed by atoms with Gasteiger partial charge in [0.25, 0.3) is 5.82 Å². The fourth-order valence-corrected chi connectivity index (χ4v) is 0.553. The highest BCUT2D eigenvalue weighted by atomic mass is 16.4. The SMILES string of the molecule is CC(O)n1cnc(C(=O)O)n1. The number of carbonyl (C=O) groups is 1. The van der Waals surface area contributed by atoms with Crippen LogP contribution < -0.4 is 0 Å². The van der Waals surface area contributed by atoms with Gasteiger partial charge in [-0.1, -0.05) is 0 Å². The van der Waals surface area contributed by atoms with Gasteiger partial charge in [0.2, 0.25) is 0 Å². The lowest BCUT2D eigenvalue weighted by atomic mass is 10.6. The first-order chi connectivity index (χ1) is 5.11. The molecular formula is C5H7N3O3. The molecule has 0 aliphatic rings. The summed E-state index contributed by atoms with van der Waals surface area (Å²) >= 11 is 0. The molecule has 1 aromatic heterocycles. The van der Waals surface area contributed by atoms with E-state index >= 15 is 0 Å². The van der Waals surface area contributed by atoms with E-state index in [-0.39, 0.29) is 5.82 Å². The average molecular weight is 157 g/mol. The minimum atomic E-state index is -1.20. The molecular weight excluding hydrogens is 150 g/mol. The summed E-state index contributed by atoms with van der Waals surface area (Å²) in [5.74, 6) is -1.52. The van der Waals surface area contributed by atoms with E-state index < -0.39 is 12.2 Å².